The maximum absolute atomic E-state index is 13.8. The van der Waals surface area contributed by atoms with Gasteiger partial charge >= 0.3 is 12.2 Å². The minimum Gasteiger partial charge on any atom is -0.496 e. The molecule has 0 spiro atoms. The van der Waals surface area contributed by atoms with Gasteiger partial charge in [0.15, 0.2) is 5.82 Å². The molecule has 0 saturated heterocycles. The van der Waals surface area contributed by atoms with Crippen molar-refractivity contribution in [2.75, 3.05) is 12.0 Å². The molecular formula is C29H31ClN4O5S. The number of aromatic nitrogens is 2. The van der Waals surface area contributed by atoms with Gasteiger partial charge in [-0.2, -0.15) is 10.2 Å². The van der Waals surface area contributed by atoms with E-state index in [0.717, 1.165) is 20.7 Å². The summed E-state index contributed by atoms with van der Waals surface area (Å²) < 4.78 is 19.4. The van der Waals surface area contributed by atoms with Crippen molar-refractivity contribution in [2.45, 2.75) is 66.6 Å². The Labute approximate surface area is 241 Å². The summed E-state index contributed by atoms with van der Waals surface area (Å²) in [5.74, 6) is 0.514. The summed E-state index contributed by atoms with van der Waals surface area (Å²) in [5.41, 5.74) is 1.32. The number of imide groups is 1. The van der Waals surface area contributed by atoms with Gasteiger partial charge in [-0.15, -0.1) is 11.3 Å². The van der Waals surface area contributed by atoms with Crippen molar-refractivity contribution in [1.29, 1.82) is 5.26 Å². The number of nitrogens with zero attached hydrogens (tertiary/aromatic N) is 4. The molecule has 2 amide bonds. The van der Waals surface area contributed by atoms with E-state index in [-0.39, 0.29) is 16.5 Å². The molecule has 0 atom stereocenters. The molecule has 1 aromatic carbocycles. The molecule has 0 unspecified atom stereocenters. The van der Waals surface area contributed by atoms with Gasteiger partial charge in [0.25, 0.3) is 0 Å². The number of fused-ring (bicyclic) bond motifs is 3. The van der Waals surface area contributed by atoms with E-state index in [2.05, 4.69) is 11.1 Å². The number of aryl methyl sites for hydroxylation is 1. The Hall–Kier alpha value is -3.81. The molecule has 0 fully saturated rings. The second-order valence-electron chi connectivity index (χ2n) is 11.3. The number of hydrogen-bond donors (Lipinski definition) is 0. The second kappa shape index (κ2) is 10.3. The van der Waals surface area contributed by atoms with Gasteiger partial charge in [-0.05, 0) is 78.5 Å². The summed E-state index contributed by atoms with van der Waals surface area (Å²) in [7, 11) is 1.56. The number of hydrogen-bond acceptors (Lipinski definition) is 8. The van der Waals surface area contributed by atoms with Gasteiger partial charge in [-0.3, -0.25) is 4.57 Å². The Kier molecular flexibility index (Phi) is 7.52. The van der Waals surface area contributed by atoms with E-state index in [1.165, 1.54) is 11.3 Å². The van der Waals surface area contributed by atoms with Crippen LogP contribution in [-0.2, 0) is 9.47 Å². The number of thiophene rings is 1. The number of nitriles is 1. The fraction of sp³-hybridized carbons (Fsp3) is 0.379. The largest absolute Gasteiger partial charge is 0.496 e. The first-order valence-corrected chi connectivity index (χ1v) is 13.8. The number of ether oxygens (including phenoxy) is 3. The highest BCUT2D eigenvalue weighted by molar-refractivity contribution is 7.18. The molecule has 0 radical (unpaired) electrons. The Balaban J connectivity index is 2.27. The standard InChI is InChI=1S/C29H31ClN4O5S/c1-15-10-11-19(37-9)16(2)21(15)33-22-20(24(30)32-18-12-13-40-23(18)22)17(14-31)25(33)34(26(35)38-28(3,4)5)27(36)39-29(6,7)8/h10-13H,1-9H3. The zero-order valence-electron chi connectivity index (χ0n) is 23.9. The van der Waals surface area contributed by atoms with E-state index < -0.39 is 23.4 Å². The normalized spacial score (nSPS) is 11.9. The monoisotopic (exact) mass is 582 g/mol. The highest BCUT2D eigenvalue weighted by atomic mass is 35.5. The lowest BCUT2D eigenvalue weighted by Gasteiger charge is -2.30. The zero-order chi connectivity index (χ0) is 29.7. The highest BCUT2D eigenvalue weighted by Gasteiger charge is 2.39. The van der Waals surface area contributed by atoms with Crippen molar-refractivity contribution in [3.63, 3.8) is 0 Å². The number of benzene rings is 1. The molecule has 4 rings (SSSR count). The van der Waals surface area contributed by atoms with Crippen LogP contribution in [0.1, 0.15) is 58.2 Å². The summed E-state index contributed by atoms with van der Waals surface area (Å²) in [6.07, 6.45) is -2.01. The Bertz CT molecular complexity index is 1670. The average Bonchev–Trinajstić information content (AvgIpc) is 3.40. The quantitative estimate of drug-likeness (QED) is 0.225. The van der Waals surface area contributed by atoms with E-state index in [1.54, 1.807) is 53.2 Å². The first-order valence-electron chi connectivity index (χ1n) is 12.5. The molecule has 0 bridgehead atoms. The minimum atomic E-state index is -1.01. The average molecular weight is 583 g/mol. The number of pyridine rings is 1. The summed E-state index contributed by atoms with van der Waals surface area (Å²) in [5, 5.41) is 12.8. The van der Waals surface area contributed by atoms with Crippen molar-refractivity contribution in [3.8, 4) is 17.5 Å². The maximum atomic E-state index is 13.8. The number of amides is 2. The van der Waals surface area contributed by atoms with Crippen LogP contribution in [0.25, 0.3) is 26.8 Å². The lowest BCUT2D eigenvalue weighted by atomic mass is 10.1. The fourth-order valence-corrected chi connectivity index (χ4v) is 5.63. The van der Waals surface area contributed by atoms with Gasteiger partial charge in [0.1, 0.15) is 33.7 Å². The van der Waals surface area contributed by atoms with Crippen LogP contribution >= 0.6 is 22.9 Å². The van der Waals surface area contributed by atoms with Gasteiger partial charge in [-0.1, -0.05) is 17.7 Å². The molecule has 210 valence electrons. The van der Waals surface area contributed by atoms with Crippen molar-refractivity contribution >= 4 is 62.1 Å². The van der Waals surface area contributed by atoms with Crippen LogP contribution in [-0.4, -0.2) is 40.0 Å². The lowest BCUT2D eigenvalue weighted by molar-refractivity contribution is 0.0428. The SMILES string of the molecule is COc1ccc(C)c(-n2c(N(C(=O)OC(C)(C)C)C(=O)OC(C)(C)C)c(C#N)c3c(Cl)nc4ccsc4c32)c1C. The third-order valence-corrected chi connectivity index (χ3v) is 7.12. The van der Waals surface area contributed by atoms with Crippen molar-refractivity contribution in [3.05, 3.63) is 45.4 Å². The first-order chi connectivity index (χ1) is 18.6. The minimum absolute atomic E-state index is 0.0267. The molecule has 40 heavy (non-hydrogen) atoms. The topological polar surface area (TPSA) is 107 Å². The third-order valence-electron chi connectivity index (χ3n) is 5.93. The number of carbonyl (C=O) groups is 2. The zero-order valence-corrected chi connectivity index (χ0v) is 25.5. The summed E-state index contributed by atoms with van der Waals surface area (Å²) in [6, 6.07) is 7.70. The molecular weight excluding hydrogens is 552 g/mol. The third kappa shape index (κ3) is 5.19. The number of halogens is 1. The van der Waals surface area contributed by atoms with Crippen molar-refractivity contribution in [1.82, 2.24) is 9.55 Å². The number of carbonyl (C=O) groups excluding carboxylic acids is 2. The molecule has 4 aromatic rings. The molecule has 11 heteroatoms. The number of methoxy groups -OCH3 is 1. The predicted octanol–water partition coefficient (Wildman–Crippen LogP) is 8.07. The Morgan fingerprint density at radius 1 is 1.05 bits per heavy atom. The van der Waals surface area contributed by atoms with Crippen LogP contribution in [0, 0.1) is 25.2 Å². The second-order valence-corrected chi connectivity index (χ2v) is 12.5. The van der Waals surface area contributed by atoms with Gasteiger partial charge in [-0.25, -0.2) is 14.6 Å². The van der Waals surface area contributed by atoms with Crippen LogP contribution in [0.5, 0.6) is 5.75 Å². The molecule has 0 aliphatic heterocycles. The molecule has 0 aliphatic carbocycles. The molecule has 3 aromatic heterocycles. The van der Waals surface area contributed by atoms with Crippen LogP contribution in [0.3, 0.4) is 0 Å². The molecule has 3 heterocycles. The summed E-state index contributed by atoms with van der Waals surface area (Å²) >= 11 is 8.12. The van der Waals surface area contributed by atoms with E-state index in [1.807, 2.05) is 37.4 Å². The molecule has 0 aliphatic rings. The summed E-state index contributed by atoms with van der Waals surface area (Å²) in [4.78, 5) is 32.9. The molecule has 9 nitrogen and oxygen atoms in total. The van der Waals surface area contributed by atoms with Crippen molar-refractivity contribution in [2.24, 2.45) is 0 Å². The van der Waals surface area contributed by atoms with E-state index in [4.69, 9.17) is 25.8 Å². The van der Waals surface area contributed by atoms with Crippen LogP contribution < -0.4 is 9.64 Å². The lowest BCUT2D eigenvalue weighted by Crippen LogP contribution is -2.45. The molecule has 0 N–H and O–H groups in total. The van der Waals surface area contributed by atoms with Crippen LogP contribution in [0.4, 0.5) is 15.4 Å². The van der Waals surface area contributed by atoms with Crippen molar-refractivity contribution < 1.29 is 23.8 Å². The van der Waals surface area contributed by atoms with E-state index in [9.17, 15) is 14.9 Å². The number of anilines is 1. The van der Waals surface area contributed by atoms with Crippen LogP contribution in [0.2, 0.25) is 5.15 Å². The van der Waals surface area contributed by atoms with Crippen LogP contribution in [0.15, 0.2) is 23.6 Å². The number of rotatable bonds is 3. The smallest absolute Gasteiger partial charge is 0.425 e. The maximum Gasteiger partial charge on any atom is 0.425 e. The fourth-order valence-electron chi connectivity index (χ4n) is 4.49. The predicted molar refractivity (Wildman–Crippen MR) is 157 cm³/mol. The van der Waals surface area contributed by atoms with Gasteiger partial charge in [0.05, 0.1) is 33.9 Å². The summed E-state index contributed by atoms with van der Waals surface area (Å²) in [6.45, 7) is 13.9. The van der Waals surface area contributed by atoms with Gasteiger partial charge in [0.2, 0.25) is 0 Å². The van der Waals surface area contributed by atoms with Gasteiger partial charge in [0, 0.05) is 5.56 Å². The van der Waals surface area contributed by atoms with E-state index in [0.29, 0.717) is 27.9 Å². The highest BCUT2D eigenvalue weighted by Crippen LogP contribution is 2.45. The molecule has 0 saturated carbocycles. The Morgan fingerprint density at radius 3 is 2.17 bits per heavy atom. The van der Waals surface area contributed by atoms with Gasteiger partial charge < -0.3 is 14.2 Å². The Morgan fingerprint density at radius 2 is 1.65 bits per heavy atom. The van der Waals surface area contributed by atoms with E-state index >= 15 is 0 Å². The first kappa shape index (κ1) is 29.2.